The van der Waals surface area contributed by atoms with Gasteiger partial charge in [0.2, 0.25) is 0 Å². The Morgan fingerprint density at radius 1 is 0.425 bits per heavy atom. The zero-order valence-electron chi connectivity index (χ0n) is 20.6. The van der Waals surface area contributed by atoms with Crippen LogP contribution in [0.25, 0.3) is 22.8 Å². The molecule has 0 N–H and O–H groups in total. The van der Waals surface area contributed by atoms with E-state index < -0.39 is 0 Å². The van der Waals surface area contributed by atoms with Gasteiger partial charge in [0.15, 0.2) is 0 Å². The molecule has 40 heavy (non-hydrogen) atoms. The maximum Gasteiger partial charge on any atom is 0.0894 e. The predicted octanol–water partition coefficient (Wildman–Crippen LogP) is 7.78. The summed E-state index contributed by atoms with van der Waals surface area (Å²) in [7, 11) is 0. The van der Waals surface area contributed by atoms with Crippen molar-refractivity contribution in [1.29, 1.82) is 0 Å². The van der Waals surface area contributed by atoms with Crippen LogP contribution in [0.4, 0.5) is 11.4 Å². The van der Waals surface area contributed by atoms with E-state index in [0.717, 1.165) is 45.5 Å². The standard InChI is InChI=1S/C28H20N6.4ClH.2Fe/c1-3-17-29-25(9-1)27-11-5-7-23(33-27)19-31-21-13-15-22(16-14-21)32-20-24-8-6-12-28(34-24)26-10-2-4-18-30-26;;;;;;/h1-20H;4*1H;;. The first-order valence-corrected chi connectivity index (χ1v) is 10.8. The number of hydrogen-bond donors (Lipinski definition) is 0. The molecule has 4 heterocycles. The van der Waals surface area contributed by atoms with Gasteiger partial charge < -0.3 is 0 Å². The van der Waals surface area contributed by atoms with E-state index in [1.807, 2.05) is 97.1 Å². The van der Waals surface area contributed by atoms with Gasteiger partial charge in [0.25, 0.3) is 0 Å². The largest absolute Gasteiger partial charge is 0.255 e. The van der Waals surface area contributed by atoms with Gasteiger partial charge in [-0.3, -0.25) is 20.0 Å². The first kappa shape index (κ1) is 39.5. The minimum Gasteiger partial charge on any atom is -0.255 e. The van der Waals surface area contributed by atoms with Crippen molar-refractivity contribution in [1.82, 2.24) is 19.9 Å². The van der Waals surface area contributed by atoms with Crippen LogP contribution in [0.15, 0.2) is 119 Å². The van der Waals surface area contributed by atoms with Gasteiger partial charge in [0, 0.05) is 46.5 Å². The summed E-state index contributed by atoms with van der Waals surface area (Å²) in [6.45, 7) is 0. The summed E-state index contributed by atoms with van der Waals surface area (Å²) in [4.78, 5) is 27.0. The van der Waals surface area contributed by atoms with Gasteiger partial charge >= 0.3 is 0 Å². The Bertz CT molecular complexity index is 1350. The second kappa shape index (κ2) is 20.3. The molecule has 5 rings (SSSR count). The maximum atomic E-state index is 4.62. The monoisotopic (exact) mass is 696 g/mol. The van der Waals surface area contributed by atoms with Crippen LogP contribution in [0.2, 0.25) is 0 Å². The first-order valence-electron chi connectivity index (χ1n) is 10.8. The number of nitrogens with zero attached hydrogens (tertiary/aromatic N) is 6. The molecule has 0 saturated carbocycles. The van der Waals surface area contributed by atoms with Crippen molar-refractivity contribution >= 4 is 73.4 Å². The van der Waals surface area contributed by atoms with E-state index in [2.05, 4.69) is 29.9 Å². The Labute approximate surface area is 279 Å². The Kier molecular flexibility index (Phi) is 20.0. The summed E-state index contributed by atoms with van der Waals surface area (Å²) < 4.78 is 0. The smallest absolute Gasteiger partial charge is 0.0894 e. The average molecular weight is 698 g/mol. The van der Waals surface area contributed by atoms with E-state index in [1.54, 1.807) is 24.8 Å². The van der Waals surface area contributed by atoms with Crippen LogP contribution < -0.4 is 0 Å². The zero-order chi connectivity index (χ0) is 23.0. The number of benzene rings is 1. The molecule has 0 aliphatic carbocycles. The van der Waals surface area contributed by atoms with Crippen LogP contribution in [0.1, 0.15) is 11.4 Å². The van der Waals surface area contributed by atoms with Crippen molar-refractivity contribution in [3.05, 3.63) is 121 Å². The number of aromatic nitrogens is 4. The van der Waals surface area contributed by atoms with Crippen molar-refractivity contribution < 1.29 is 34.1 Å². The van der Waals surface area contributed by atoms with Crippen LogP contribution in [0, 0.1) is 0 Å². The van der Waals surface area contributed by atoms with Crippen molar-refractivity contribution in [2.75, 3.05) is 0 Å². The maximum absolute atomic E-state index is 4.62. The fraction of sp³-hybridized carbons (Fsp3) is 0. The minimum absolute atomic E-state index is 0. The second-order valence-electron chi connectivity index (χ2n) is 7.36. The number of halogens is 4. The van der Waals surface area contributed by atoms with E-state index in [4.69, 9.17) is 0 Å². The molecule has 0 bridgehead atoms. The molecule has 12 heteroatoms. The number of aliphatic imine (C=N–C) groups is 2. The van der Waals surface area contributed by atoms with Crippen molar-refractivity contribution in [2.45, 2.75) is 0 Å². The Balaban J connectivity index is 0. The van der Waals surface area contributed by atoms with Gasteiger partial charge in [-0.25, -0.2) is 9.97 Å². The summed E-state index contributed by atoms with van der Waals surface area (Å²) in [5.41, 5.74) is 6.47. The van der Waals surface area contributed by atoms with Gasteiger partial charge in [-0.1, -0.05) is 24.3 Å². The normalized spacial score (nSPS) is 9.60. The molecular weight excluding hydrogens is 674 g/mol. The van der Waals surface area contributed by atoms with Gasteiger partial charge in [0.05, 0.1) is 58.0 Å². The summed E-state index contributed by atoms with van der Waals surface area (Å²) in [6, 6.07) is 30.8. The SMILES string of the molecule is C(=Nc1ccc(N=Cc2cccc(-c3ccccn3)n2)cc1)c1cccc(-c2ccccn2)n1.Cl.Cl.Cl.Cl.[Fe].[Fe]. The van der Waals surface area contributed by atoms with E-state index in [0.29, 0.717) is 0 Å². The minimum atomic E-state index is 0. The van der Waals surface area contributed by atoms with Gasteiger partial charge in [0.1, 0.15) is 0 Å². The molecule has 0 spiro atoms. The van der Waals surface area contributed by atoms with E-state index in [-0.39, 0.29) is 83.8 Å². The quantitative estimate of drug-likeness (QED) is 0.134. The third kappa shape index (κ3) is 11.1. The Morgan fingerprint density at radius 3 is 1.15 bits per heavy atom. The molecule has 0 fully saturated rings. The third-order valence-electron chi connectivity index (χ3n) is 4.94. The van der Waals surface area contributed by atoms with Crippen LogP contribution in [0.5, 0.6) is 0 Å². The molecule has 0 aliphatic rings. The summed E-state index contributed by atoms with van der Waals surface area (Å²) in [5, 5.41) is 0. The van der Waals surface area contributed by atoms with Crippen molar-refractivity contribution in [2.24, 2.45) is 9.98 Å². The van der Waals surface area contributed by atoms with Crippen molar-refractivity contribution in [3.63, 3.8) is 0 Å². The Hall–Kier alpha value is -2.64. The fourth-order valence-corrected chi connectivity index (χ4v) is 3.27. The summed E-state index contributed by atoms with van der Waals surface area (Å²) in [5.74, 6) is 0. The fourth-order valence-electron chi connectivity index (χ4n) is 3.27. The molecule has 0 atom stereocenters. The number of rotatable bonds is 6. The predicted molar refractivity (Wildman–Crippen MR) is 165 cm³/mol. The van der Waals surface area contributed by atoms with E-state index >= 15 is 0 Å². The number of pyridine rings is 4. The Morgan fingerprint density at radius 2 is 0.800 bits per heavy atom. The van der Waals surface area contributed by atoms with Crippen LogP contribution in [-0.4, -0.2) is 32.4 Å². The van der Waals surface area contributed by atoms with Gasteiger partial charge in [-0.05, 0) is 72.8 Å². The molecular formula is C28H24Cl4Fe2N6. The molecule has 0 aliphatic heterocycles. The zero-order valence-corrected chi connectivity index (χ0v) is 26.0. The molecule has 0 saturated heterocycles. The van der Waals surface area contributed by atoms with Crippen LogP contribution >= 0.6 is 49.6 Å². The molecule has 4 aromatic heterocycles. The molecule has 0 unspecified atom stereocenters. The molecule has 1 aromatic carbocycles. The van der Waals surface area contributed by atoms with Gasteiger partial charge in [-0.2, -0.15) is 0 Å². The second-order valence-corrected chi connectivity index (χ2v) is 7.36. The van der Waals surface area contributed by atoms with E-state index in [9.17, 15) is 0 Å². The molecule has 6 nitrogen and oxygen atoms in total. The first-order chi connectivity index (χ1) is 16.8. The molecule has 0 amide bonds. The molecule has 210 valence electrons. The van der Waals surface area contributed by atoms with Crippen molar-refractivity contribution in [3.8, 4) is 22.8 Å². The molecule has 0 radical (unpaired) electrons. The topological polar surface area (TPSA) is 76.3 Å². The molecule has 5 aromatic rings. The third-order valence-corrected chi connectivity index (χ3v) is 4.94. The number of hydrogen-bond acceptors (Lipinski definition) is 6. The summed E-state index contributed by atoms with van der Waals surface area (Å²) >= 11 is 0. The van der Waals surface area contributed by atoms with Crippen LogP contribution in [-0.2, 0) is 34.1 Å². The summed E-state index contributed by atoms with van der Waals surface area (Å²) in [6.07, 6.45) is 7.01. The average Bonchev–Trinajstić information content (AvgIpc) is 2.93. The van der Waals surface area contributed by atoms with E-state index in [1.165, 1.54) is 0 Å². The van der Waals surface area contributed by atoms with Gasteiger partial charge in [-0.15, -0.1) is 49.6 Å². The van der Waals surface area contributed by atoms with Crippen LogP contribution in [0.3, 0.4) is 0 Å².